The minimum atomic E-state index is -4.60. The Labute approximate surface area is 225 Å². The van der Waals surface area contributed by atoms with Crippen LogP contribution in [0.15, 0.2) is 101 Å². The highest BCUT2D eigenvalue weighted by Crippen LogP contribution is 2.37. The molecule has 0 spiro atoms. The van der Waals surface area contributed by atoms with Gasteiger partial charge in [-0.1, -0.05) is 48.5 Å². The highest BCUT2D eigenvalue weighted by atomic mass is 19.4. The van der Waals surface area contributed by atoms with Crippen LogP contribution in [0.5, 0.6) is 0 Å². The van der Waals surface area contributed by atoms with Gasteiger partial charge in [0.1, 0.15) is 12.0 Å². The van der Waals surface area contributed by atoms with Gasteiger partial charge < -0.3 is 20.2 Å². The van der Waals surface area contributed by atoms with Crippen molar-refractivity contribution in [1.82, 2.24) is 19.9 Å². The Kier molecular flexibility index (Phi) is 6.44. The predicted octanol–water partition coefficient (Wildman–Crippen LogP) is 5.23. The lowest BCUT2D eigenvalue weighted by Gasteiger charge is -2.19. The van der Waals surface area contributed by atoms with Crippen LogP contribution in [0.1, 0.15) is 16.7 Å². The third kappa shape index (κ3) is 4.99. The molecule has 3 aromatic heterocycles. The number of oxazole rings is 1. The van der Waals surface area contributed by atoms with Crippen LogP contribution >= 0.6 is 0 Å². The van der Waals surface area contributed by atoms with Crippen LogP contribution in [-0.2, 0) is 6.18 Å². The fourth-order valence-electron chi connectivity index (χ4n) is 4.32. The summed E-state index contributed by atoms with van der Waals surface area (Å²) in [5.74, 6) is 0.0988. The third-order valence-corrected chi connectivity index (χ3v) is 6.20. The summed E-state index contributed by atoms with van der Waals surface area (Å²) in [6.07, 6.45) is -0.602. The number of rotatable bonds is 5. The summed E-state index contributed by atoms with van der Waals surface area (Å²) in [7, 11) is 0. The number of benzodiazepines with no additional fused rings is 1. The maximum atomic E-state index is 13.4. The van der Waals surface area contributed by atoms with Crippen LogP contribution in [0.2, 0.25) is 0 Å². The smallest absolute Gasteiger partial charge is 0.417 e. The number of aliphatic hydroxyl groups is 1. The van der Waals surface area contributed by atoms with E-state index in [1.807, 2.05) is 54.6 Å². The number of nitrogens with zero attached hydrogens (tertiary/aromatic N) is 5. The van der Waals surface area contributed by atoms with Gasteiger partial charge in [0.25, 0.3) is 6.01 Å². The molecule has 1 aliphatic rings. The van der Waals surface area contributed by atoms with Crippen LogP contribution in [0, 0.1) is 0 Å². The molecule has 0 amide bonds. The van der Waals surface area contributed by atoms with E-state index in [4.69, 9.17) is 9.41 Å². The van der Waals surface area contributed by atoms with Gasteiger partial charge in [-0.15, -0.1) is 0 Å². The van der Waals surface area contributed by atoms with Gasteiger partial charge in [0, 0.05) is 46.5 Å². The highest BCUT2D eigenvalue weighted by Gasteiger charge is 2.33. The van der Waals surface area contributed by atoms with E-state index in [0.717, 1.165) is 23.4 Å². The second-order valence-electron chi connectivity index (χ2n) is 8.84. The molecule has 0 aliphatic carbocycles. The van der Waals surface area contributed by atoms with Gasteiger partial charge >= 0.3 is 6.18 Å². The molecule has 0 saturated carbocycles. The Hall–Kier alpha value is -5.10. The zero-order chi connectivity index (χ0) is 27.7. The first-order chi connectivity index (χ1) is 19.4. The molecule has 200 valence electrons. The van der Waals surface area contributed by atoms with E-state index in [0.29, 0.717) is 17.0 Å². The number of aromatic nitrogens is 4. The Bertz CT molecular complexity index is 1670. The molecule has 4 heterocycles. The van der Waals surface area contributed by atoms with Gasteiger partial charge in [0.2, 0.25) is 0 Å². The van der Waals surface area contributed by atoms with E-state index >= 15 is 0 Å². The summed E-state index contributed by atoms with van der Waals surface area (Å²) in [6.45, 7) is 0. The first-order valence-electron chi connectivity index (χ1n) is 12.1. The minimum Gasteiger partial charge on any atom is -0.422 e. The Morgan fingerprint density at radius 3 is 2.38 bits per heavy atom. The molecule has 0 fully saturated rings. The van der Waals surface area contributed by atoms with Crippen molar-refractivity contribution in [2.45, 2.75) is 18.6 Å². The second kappa shape index (κ2) is 10.2. The molecule has 3 N–H and O–H groups in total. The number of hydrogen-bond donors (Lipinski definition) is 3. The summed E-state index contributed by atoms with van der Waals surface area (Å²) in [5, 5.41) is 17.0. The molecule has 9 nitrogen and oxygen atoms in total. The topological polar surface area (TPSA) is 121 Å². The van der Waals surface area contributed by atoms with E-state index in [9.17, 15) is 18.3 Å². The van der Waals surface area contributed by atoms with Gasteiger partial charge in [-0.25, -0.2) is 15.0 Å². The summed E-state index contributed by atoms with van der Waals surface area (Å²) in [4.78, 5) is 20.9. The maximum absolute atomic E-state index is 13.4. The molecule has 2 unspecified atom stereocenters. The van der Waals surface area contributed by atoms with Crippen molar-refractivity contribution >= 4 is 17.4 Å². The van der Waals surface area contributed by atoms with Crippen LogP contribution in [-0.4, -0.2) is 43.1 Å². The SMILES string of the molecule is OC1Nc2ccccc2C(c2ccccc2)=NC1Nc1ncc(-c2ncc(C(F)(F)F)cc2-c2cncnc2)o1. The van der Waals surface area contributed by atoms with E-state index in [-0.39, 0.29) is 23.0 Å². The molecule has 0 bridgehead atoms. The summed E-state index contributed by atoms with van der Waals surface area (Å²) < 4.78 is 46.2. The quantitative estimate of drug-likeness (QED) is 0.276. The average molecular weight is 544 g/mol. The number of aliphatic imine (C=N–C) groups is 1. The van der Waals surface area contributed by atoms with Gasteiger partial charge in [0.15, 0.2) is 18.2 Å². The summed E-state index contributed by atoms with van der Waals surface area (Å²) in [5.41, 5.74) is 2.60. The molecule has 40 heavy (non-hydrogen) atoms. The zero-order valence-corrected chi connectivity index (χ0v) is 20.5. The van der Waals surface area contributed by atoms with E-state index in [1.54, 1.807) is 0 Å². The van der Waals surface area contributed by atoms with Crippen molar-refractivity contribution in [2.75, 3.05) is 10.6 Å². The van der Waals surface area contributed by atoms with Crippen molar-refractivity contribution < 1.29 is 22.7 Å². The van der Waals surface area contributed by atoms with E-state index < -0.39 is 24.1 Å². The van der Waals surface area contributed by atoms with E-state index in [2.05, 4.69) is 30.6 Å². The number of nitrogens with one attached hydrogen (secondary N) is 2. The fourth-order valence-corrected chi connectivity index (χ4v) is 4.32. The van der Waals surface area contributed by atoms with Gasteiger partial charge in [-0.2, -0.15) is 13.2 Å². The normalized spacial score (nSPS) is 16.9. The van der Waals surface area contributed by atoms with Crippen molar-refractivity contribution in [3.05, 3.63) is 108 Å². The van der Waals surface area contributed by atoms with Crippen molar-refractivity contribution in [2.24, 2.45) is 4.99 Å². The largest absolute Gasteiger partial charge is 0.422 e. The van der Waals surface area contributed by atoms with E-state index in [1.165, 1.54) is 24.9 Å². The van der Waals surface area contributed by atoms with Crippen LogP contribution in [0.4, 0.5) is 24.9 Å². The Balaban J connectivity index is 1.36. The van der Waals surface area contributed by atoms with Crippen molar-refractivity contribution in [3.63, 3.8) is 0 Å². The number of para-hydroxylation sites is 1. The number of aliphatic hydroxyl groups excluding tert-OH is 1. The maximum Gasteiger partial charge on any atom is 0.417 e. The molecule has 5 aromatic rings. The Morgan fingerprint density at radius 1 is 0.850 bits per heavy atom. The van der Waals surface area contributed by atoms with Crippen LogP contribution in [0.25, 0.3) is 22.6 Å². The molecule has 0 saturated heterocycles. The first-order valence-corrected chi connectivity index (χ1v) is 12.1. The van der Waals surface area contributed by atoms with Crippen LogP contribution in [0.3, 0.4) is 0 Å². The minimum absolute atomic E-state index is 0.0140. The molecule has 6 rings (SSSR count). The zero-order valence-electron chi connectivity index (χ0n) is 20.5. The number of alkyl halides is 3. The molecule has 12 heteroatoms. The average Bonchev–Trinajstić information content (AvgIpc) is 3.38. The van der Waals surface area contributed by atoms with Crippen molar-refractivity contribution in [1.29, 1.82) is 0 Å². The summed E-state index contributed by atoms with van der Waals surface area (Å²) >= 11 is 0. The fraction of sp³-hybridized carbons (Fsp3) is 0.107. The lowest BCUT2D eigenvalue weighted by Crippen LogP contribution is -2.37. The second-order valence-corrected chi connectivity index (χ2v) is 8.84. The summed E-state index contributed by atoms with van der Waals surface area (Å²) in [6, 6.07) is 17.9. The number of hydrogen-bond acceptors (Lipinski definition) is 9. The molecule has 1 aliphatic heterocycles. The third-order valence-electron chi connectivity index (χ3n) is 6.20. The van der Waals surface area contributed by atoms with Gasteiger partial charge in [0.05, 0.1) is 17.5 Å². The predicted molar refractivity (Wildman–Crippen MR) is 141 cm³/mol. The molecular weight excluding hydrogens is 523 g/mol. The Morgan fingerprint density at radius 2 is 1.60 bits per heavy atom. The molecule has 2 aromatic carbocycles. The van der Waals surface area contributed by atoms with Gasteiger partial charge in [-0.3, -0.25) is 9.98 Å². The van der Waals surface area contributed by atoms with Gasteiger partial charge in [-0.05, 0) is 12.1 Å². The first kappa shape index (κ1) is 25.2. The number of benzene rings is 2. The number of anilines is 2. The lowest BCUT2D eigenvalue weighted by molar-refractivity contribution is -0.137. The molecular formula is C28H20F3N7O2. The monoisotopic (exact) mass is 543 g/mol. The molecule has 0 radical (unpaired) electrons. The van der Waals surface area contributed by atoms with Crippen molar-refractivity contribution in [3.8, 4) is 22.6 Å². The molecule has 2 atom stereocenters. The number of halogens is 3. The lowest BCUT2D eigenvalue weighted by atomic mass is 10.0. The standard InChI is InChI=1S/C28H20F3N7O2/c29-28(30,31)18-10-20(17-11-32-15-33-12-17)24(34-13-18)22-14-35-27(40-22)38-25-26(39)36-21-9-5-4-8-19(21)23(37-25)16-6-2-1-3-7-16/h1-15,25-26,36,39H,(H,35,38). The van der Waals surface area contributed by atoms with Crippen LogP contribution < -0.4 is 10.6 Å². The number of fused-ring (bicyclic) bond motifs is 1. The number of pyridine rings is 1. The highest BCUT2D eigenvalue weighted by molar-refractivity contribution is 6.16.